The summed E-state index contributed by atoms with van der Waals surface area (Å²) < 4.78 is 9.74. The molecular formula is C16H14N2O6. The van der Waals surface area contributed by atoms with Gasteiger partial charge in [-0.2, -0.15) is 0 Å². The van der Waals surface area contributed by atoms with Gasteiger partial charge in [0.05, 0.1) is 5.69 Å². The van der Waals surface area contributed by atoms with Gasteiger partial charge in [0.25, 0.3) is 5.56 Å². The van der Waals surface area contributed by atoms with Crippen LogP contribution in [0.25, 0.3) is 0 Å². The molecule has 2 aromatic rings. The molecule has 8 heteroatoms. The van der Waals surface area contributed by atoms with Crippen molar-refractivity contribution in [3.05, 3.63) is 80.6 Å². The Labute approximate surface area is 135 Å². The van der Waals surface area contributed by atoms with Crippen molar-refractivity contribution in [2.24, 2.45) is 0 Å². The van der Waals surface area contributed by atoms with Crippen molar-refractivity contribution in [2.75, 3.05) is 0 Å². The second-order valence-corrected chi connectivity index (χ2v) is 4.65. The standard InChI is InChI=1S/C16H14N2O6/c19-13-8-12(17-16(22)18-13)10-24-15(21)7-6-14(20)23-9-11-4-2-1-3-5-11/h1-8H,9-10H2,(H2,17,18,19,22)/b7-6+. The minimum absolute atomic E-state index is 0.0904. The monoisotopic (exact) mass is 330 g/mol. The van der Waals surface area contributed by atoms with Gasteiger partial charge >= 0.3 is 17.6 Å². The highest BCUT2D eigenvalue weighted by Gasteiger charge is 2.03. The molecular weight excluding hydrogens is 316 g/mol. The molecule has 0 aliphatic rings. The van der Waals surface area contributed by atoms with E-state index < -0.39 is 23.2 Å². The number of aromatic nitrogens is 2. The molecule has 0 spiro atoms. The van der Waals surface area contributed by atoms with Gasteiger partial charge in [-0.3, -0.25) is 9.78 Å². The Morgan fingerprint density at radius 3 is 2.17 bits per heavy atom. The number of nitrogens with one attached hydrogen (secondary N) is 2. The van der Waals surface area contributed by atoms with Crippen molar-refractivity contribution in [1.82, 2.24) is 9.97 Å². The number of hydrogen-bond acceptors (Lipinski definition) is 6. The number of hydrogen-bond donors (Lipinski definition) is 2. The Morgan fingerprint density at radius 1 is 0.917 bits per heavy atom. The summed E-state index contributed by atoms with van der Waals surface area (Å²) in [6.45, 7) is -0.214. The first-order chi connectivity index (χ1) is 11.5. The smallest absolute Gasteiger partial charge is 0.331 e. The van der Waals surface area contributed by atoms with Crippen molar-refractivity contribution < 1.29 is 19.1 Å². The summed E-state index contributed by atoms with van der Waals surface area (Å²) in [5, 5.41) is 0. The molecule has 0 saturated carbocycles. The lowest BCUT2D eigenvalue weighted by Crippen LogP contribution is -2.23. The third kappa shape index (κ3) is 5.76. The van der Waals surface area contributed by atoms with E-state index in [1.165, 1.54) is 0 Å². The zero-order valence-electron chi connectivity index (χ0n) is 12.5. The number of benzene rings is 1. The van der Waals surface area contributed by atoms with E-state index in [1.807, 2.05) is 23.2 Å². The molecule has 0 aliphatic carbocycles. The van der Waals surface area contributed by atoms with Gasteiger partial charge in [-0.15, -0.1) is 0 Å². The fraction of sp³-hybridized carbons (Fsp3) is 0.125. The molecule has 0 bridgehead atoms. The third-order valence-corrected chi connectivity index (χ3v) is 2.77. The Balaban J connectivity index is 1.78. The Kier molecular flexibility index (Phi) is 5.84. The summed E-state index contributed by atoms with van der Waals surface area (Å²) in [6, 6.07) is 10.2. The molecule has 0 amide bonds. The van der Waals surface area contributed by atoms with Gasteiger partial charge in [-0.1, -0.05) is 30.3 Å². The summed E-state index contributed by atoms with van der Waals surface area (Å²) in [7, 11) is 0. The van der Waals surface area contributed by atoms with Gasteiger partial charge in [0.1, 0.15) is 13.2 Å². The van der Waals surface area contributed by atoms with Gasteiger partial charge in [0, 0.05) is 18.2 Å². The molecule has 0 fully saturated rings. The molecule has 124 valence electrons. The molecule has 1 heterocycles. The van der Waals surface area contributed by atoms with E-state index in [4.69, 9.17) is 9.47 Å². The number of carbonyl (C=O) groups excluding carboxylic acids is 2. The van der Waals surface area contributed by atoms with Crippen LogP contribution in [0.1, 0.15) is 11.3 Å². The van der Waals surface area contributed by atoms with Crippen LogP contribution in [0.2, 0.25) is 0 Å². The third-order valence-electron chi connectivity index (χ3n) is 2.77. The topological polar surface area (TPSA) is 118 Å². The Morgan fingerprint density at radius 2 is 1.54 bits per heavy atom. The first-order valence-corrected chi connectivity index (χ1v) is 6.91. The van der Waals surface area contributed by atoms with E-state index in [0.29, 0.717) is 0 Å². The maximum atomic E-state index is 11.5. The van der Waals surface area contributed by atoms with Gasteiger partial charge < -0.3 is 14.5 Å². The van der Waals surface area contributed by atoms with Crippen LogP contribution in [0.3, 0.4) is 0 Å². The molecule has 1 aromatic carbocycles. The fourth-order valence-electron chi connectivity index (χ4n) is 1.71. The largest absolute Gasteiger partial charge is 0.458 e. The number of carbonyl (C=O) groups is 2. The lowest BCUT2D eigenvalue weighted by molar-refractivity contribution is -0.141. The first-order valence-electron chi connectivity index (χ1n) is 6.91. The average molecular weight is 330 g/mol. The molecule has 0 radical (unpaired) electrons. The predicted octanol–water partition coefficient (Wildman–Crippen LogP) is 0.406. The molecule has 0 aliphatic heterocycles. The molecule has 1 aromatic heterocycles. The van der Waals surface area contributed by atoms with E-state index >= 15 is 0 Å². The van der Waals surface area contributed by atoms with Gasteiger partial charge in [-0.25, -0.2) is 14.4 Å². The SMILES string of the molecule is O=C(/C=C/C(=O)OCc1cc(=O)[nH]c(=O)[nH]1)OCc1ccccc1. The zero-order valence-corrected chi connectivity index (χ0v) is 12.5. The van der Waals surface area contributed by atoms with E-state index in [1.54, 1.807) is 12.1 Å². The number of H-pyrrole nitrogens is 2. The second kappa shape index (κ2) is 8.28. The second-order valence-electron chi connectivity index (χ2n) is 4.65. The van der Waals surface area contributed by atoms with Crippen molar-refractivity contribution >= 4 is 11.9 Å². The van der Waals surface area contributed by atoms with Crippen molar-refractivity contribution in [3.8, 4) is 0 Å². The van der Waals surface area contributed by atoms with Crippen LogP contribution < -0.4 is 11.2 Å². The van der Waals surface area contributed by atoms with E-state index in [2.05, 4.69) is 4.98 Å². The van der Waals surface area contributed by atoms with E-state index in [9.17, 15) is 19.2 Å². The number of aromatic amines is 2. The number of rotatable bonds is 6. The van der Waals surface area contributed by atoms with E-state index in [0.717, 1.165) is 23.8 Å². The average Bonchev–Trinajstić information content (AvgIpc) is 2.56. The van der Waals surface area contributed by atoms with Crippen molar-refractivity contribution in [1.29, 1.82) is 0 Å². The fourth-order valence-corrected chi connectivity index (χ4v) is 1.71. The molecule has 0 saturated heterocycles. The van der Waals surface area contributed by atoms with Gasteiger partial charge in [0.15, 0.2) is 0 Å². The summed E-state index contributed by atoms with van der Waals surface area (Å²) in [5.74, 6) is -1.51. The normalized spacial score (nSPS) is 10.5. The Bertz CT molecular complexity index is 822. The summed E-state index contributed by atoms with van der Waals surface area (Å²) in [5.41, 5.74) is -0.351. The molecule has 0 atom stereocenters. The maximum Gasteiger partial charge on any atom is 0.331 e. The molecule has 8 nitrogen and oxygen atoms in total. The van der Waals surface area contributed by atoms with Crippen LogP contribution in [-0.4, -0.2) is 21.9 Å². The van der Waals surface area contributed by atoms with Crippen molar-refractivity contribution in [3.63, 3.8) is 0 Å². The minimum atomic E-state index is -0.812. The molecule has 0 unspecified atom stereocenters. The molecule has 24 heavy (non-hydrogen) atoms. The Hall–Kier alpha value is -3.42. The lowest BCUT2D eigenvalue weighted by Gasteiger charge is -2.02. The first kappa shape index (κ1) is 16.9. The van der Waals surface area contributed by atoms with Crippen LogP contribution in [0.4, 0.5) is 0 Å². The van der Waals surface area contributed by atoms with Crippen LogP contribution in [-0.2, 0) is 32.3 Å². The van der Waals surface area contributed by atoms with Crippen LogP contribution >= 0.6 is 0 Å². The summed E-state index contributed by atoms with van der Waals surface area (Å²) in [6.07, 6.45) is 1.84. The predicted molar refractivity (Wildman–Crippen MR) is 82.9 cm³/mol. The van der Waals surface area contributed by atoms with E-state index in [-0.39, 0.29) is 18.9 Å². The summed E-state index contributed by atoms with van der Waals surface area (Å²) in [4.78, 5) is 49.3. The van der Waals surface area contributed by atoms with Crippen LogP contribution in [0.5, 0.6) is 0 Å². The maximum absolute atomic E-state index is 11.5. The highest BCUT2D eigenvalue weighted by atomic mass is 16.5. The summed E-state index contributed by atoms with van der Waals surface area (Å²) >= 11 is 0. The highest BCUT2D eigenvalue weighted by Crippen LogP contribution is 2.01. The van der Waals surface area contributed by atoms with Crippen LogP contribution in [0, 0.1) is 0 Å². The highest BCUT2D eigenvalue weighted by molar-refractivity contribution is 5.91. The lowest BCUT2D eigenvalue weighted by atomic mass is 10.2. The zero-order chi connectivity index (χ0) is 17.4. The molecule has 2 N–H and O–H groups in total. The van der Waals surface area contributed by atoms with Gasteiger partial charge in [-0.05, 0) is 5.56 Å². The van der Waals surface area contributed by atoms with Gasteiger partial charge in [0.2, 0.25) is 0 Å². The number of esters is 2. The number of ether oxygens (including phenoxy) is 2. The van der Waals surface area contributed by atoms with Crippen LogP contribution in [0.15, 0.2) is 58.1 Å². The minimum Gasteiger partial charge on any atom is -0.458 e. The molecule has 2 rings (SSSR count). The van der Waals surface area contributed by atoms with Crippen molar-refractivity contribution in [2.45, 2.75) is 13.2 Å². The quantitative estimate of drug-likeness (QED) is 0.585.